The van der Waals surface area contributed by atoms with Crippen molar-refractivity contribution < 1.29 is 0 Å². The summed E-state index contributed by atoms with van der Waals surface area (Å²) in [6, 6.07) is 0. The van der Waals surface area contributed by atoms with Gasteiger partial charge in [0, 0.05) is 6.67 Å². The molecule has 3 heteroatoms. The van der Waals surface area contributed by atoms with Crippen LogP contribution in [0, 0.1) is 0 Å². The summed E-state index contributed by atoms with van der Waals surface area (Å²) >= 11 is 0. The highest BCUT2D eigenvalue weighted by Crippen LogP contribution is 1.78. The number of nitrogens with zero attached hydrogens (tertiary/aromatic N) is 2. The van der Waals surface area contributed by atoms with E-state index in [0.717, 1.165) is 6.67 Å². The van der Waals surface area contributed by atoms with Crippen molar-refractivity contribution in [2.75, 3.05) is 27.8 Å². The summed E-state index contributed by atoms with van der Waals surface area (Å²) in [6.45, 7) is 3.03. The maximum absolute atomic E-state index is 2.12. The van der Waals surface area contributed by atoms with Gasteiger partial charge < -0.3 is 4.81 Å². The van der Waals surface area contributed by atoms with Crippen LogP contribution < -0.4 is 0 Å². The highest BCUT2D eigenvalue weighted by molar-refractivity contribution is 6.29. The minimum Gasteiger partial charge on any atom is -0.338 e. The Morgan fingerprint density at radius 1 is 1.25 bits per heavy atom. The van der Waals surface area contributed by atoms with E-state index in [1.165, 1.54) is 0 Å². The standard InChI is InChI=1S/C5H14BN2/c1-6-8(4)5-7(2)3/h5H2,1-4H3. The van der Waals surface area contributed by atoms with Gasteiger partial charge in [-0.3, -0.25) is 4.90 Å². The average molecular weight is 113 g/mol. The van der Waals surface area contributed by atoms with Crippen molar-refractivity contribution in [1.82, 2.24) is 9.71 Å². The first-order chi connectivity index (χ1) is 3.66. The molecule has 0 aromatic heterocycles. The van der Waals surface area contributed by atoms with Crippen LogP contribution in [0.3, 0.4) is 0 Å². The maximum Gasteiger partial charge on any atom is 0.206 e. The van der Waals surface area contributed by atoms with E-state index < -0.39 is 0 Å². The van der Waals surface area contributed by atoms with Crippen LogP contribution in [0.15, 0.2) is 0 Å². The van der Waals surface area contributed by atoms with E-state index in [4.69, 9.17) is 0 Å². The van der Waals surface area contributed by atoms with Crippen LogP contribution in [0.4, 0.5) is 0 Å². The third-order valence-corrected chi connectivity index (χ3v) is 0.947. The second-order valence-electron chi connectivity index (χ2n) is 2.24. The van der Waals surface area contributed by atoms with Crippen molar-refractivity contribution in [3.8, 4) is 0 Å². The normalized spacial score (nSPS) is 10.8. The fourth-order valence-corrected chi connectivity index (χ4v) is 0.528. The lowest BCUT2D eigenvalue weighted by Gasteiger charge is -2.18. The Kier molecular flexibility index (Phi) is 3.92. The highest BCUT2D eigenvalue weighted by Gasteiger charge is 1.94. The Bertz CT molecular complexity index is 56.4. The molecule has 0 rings (SSSR count). The molecule has 1 radical (unpaired) electrons. The van der Waals surface area contributed by atoms with E-state index in [1.807, 2.05) is 6.82 Å². The molecule has 0 atom stereocenters. The SMILES string of the molecule is C[B]N(C)CN(C)C. The van der Waals surface area contributed by atoms with Gasteiger partial charge in [-0.2, -0.15) is 0 Å². The fraction of sp³-hybridized carbons (Fsp3) is 1.00. The molecule has 0 aromatic rings. The van der Waals surface area contributed by atoms with Gasteiger partial charge in [0.2, 0.25) is 7.41 Å². The van der Waals surface area contributed by atoms with Gasteiger partial charge >= 0.3 is 0 Å². The number of hydrogen-bond donors (Lipinski definition) is 0. The van der Waals surface area contributed by atoms with E-state index in [2.05, 4.69) is 38.3 Å². The van der Waals surface area contributed by atoms with Gasteiger partial charge in [0.25, 0.3) is 0 Å². The summed E-state index contributed by atoms with van der Waals surface area (Å²) in [4.78, 5) is 4.25. The Labute approximate surface area is 52.7 Å². The van der Waals surface area contributed by atoms with Crippen LogP contribution in [-0.2, 0) is 0 Å². The summed E-state index contributed by atoms with van der Waals surface area (Å²) < 4.78 is 0. The minimum absolute atomic E-state index is 0.997. The van der Waals surface area contributed by atoms with E-state index in [0.29, 0.717) is 0 Å². The average Bonchev–Trinajstić information content (AvgIpc) is 1.65. The van der Waals surface area contributed by atoms with E-state index >= 15 is 0 Å². The maximum atomic E-state index is 2.12. The molecule has 0 saturated carbocycles. The molecule has 0 spiro atoms. The van der Waals surface area contributed by atoms with E-state index in [1.54, 1.807) is 0 Å². The Hall–Kier alpha value is -0.0151. The van der Waals surface area contributed by atoms with Gasteiger partial charge in [-0.05, 0) is 21.1 Å². The second-order valence-corrected chi connectivity index (χ2v) is 2.24. The quantitative estimate of drug-likeness (QED) is 0.378. The first kappa shape index (κ1) is 7.98. The van der Waals surface area contributed by atoms with Crippen molar-refractivity contribution in [1.29, 1.82) is 0 Å². The van der Waals surface area contributed by atoms with Crippen LogP contribution >= 0.6 is 0 Å². The Morgan fingerprint density at radius 2 is 1.75 bits per heavy atom. The molecule has 0 heterocycles. The molecule has 0 bridgehead atoms. The van der Waals surface area contributed by atoms with Crippen molar-refractivity contribution >= 4 is 7.41 Å². The third kappa shape index (κ3) is 4.15. The van der Waals surface area contributed by atoms with Gasteiger partial charge in [-0.15, -0.1) is 0 Å². The molecule has 0 aromatic carbocycles. The van der Waals surface area contributed by atoms with Crippen LogP contribution in [0.1, 0.15) is 0 Å². The molecule has 0 saturated heterocycles. The fourth-order valence-electron chi connectivity index (χ4n) is 0.528. The molecule has 0 N–H and O–H groups in total. The third-order valence-electron chi connectivity index (χ3n) is 0.947. The molecule has 0 aliphatic heterocycles. The zero-order chi connectivity index (χ0) is 6.57. The smallest absolute Gasteiger partial charge is 0.206 e. The zero-order valence-corrected chi connectivity index (χ0v) is 6.18. The molecule has 8 heavy (non-hydrogen) atoms. The van der Waals surface area contributed by atoms with E-state index in [-0.39, 0.29) is 0 Å². The summed E-state index contributed by atoms with van der Waals surface area (Å²) in [5.74, 6) is 0. The van der Waals surface area contributed by atoms with Gasteiger partial charge in [-0.25, -0.2) is 0 Å². The molecule has 0 amide bonds. The van der Waals surface area contributed by atoms with Gasteiger partial charge in [0.05, 0.1) is 0 Å². The monoisotopic (exact) mass is 113 g/mol. The highest BCUT2D eigenvalue weighted by atomic mass is 15.2. The molecule has 2 nitrogen and oxygen atoms in total. The largest absolute Gasteiger partial charge is 0.338 e. The Balaban J connectivity index is 3.10. The van der Waals surface area contributed by atoms with Gasteiger partial charge in [0.15, 0.2) is 0 Å². The summed E-state index contributed by atoms with van der Waals surface area (Å²) in [5.41, 5.74) is 0. The van der Waals surface area contributed by atoms with E-state index in [9.17, 15) is 0 Å². The lowest BCUT2D eigenvalue weighted by atomic mass is 9.98. The molecular formula is C5H14BN2. The molecule has 0 aliphatic carbocycles. The lowest BCUT2D eigenvalue weighted by molar-refractivity contribution is 0.301. The zero-order valence-electron chi connectivity index (χ0n) is 6.18. The number of hydrogen-bond acceptors (Lipinski definition) is 2. The van der Waals surface area contributed by atoms with Crippen LogP contribution in [0.2, 0.25) is 6.82 Å². The molecule has 0 unspecified atom stereocenters. The van der Waals surface area contributed by atoms with Gasteiger partial charge in [0.1, 0.15) is 0 Å². The first-order valence-corrected chi connectivity index (χ1v) is 2.81. The predicted molar refractivity (Wildman–Crippen MR) is 37.9 cm³/mol. The van der Waals surface area contributed by atoms with Crippen LogP contribution in [-0.4, -0.2) is 44.9 Å². The van der Waals surface area contributed by atoms with Crippen molar-refractivity contribution in [2.45, 2.75) is 6.82 Å². The first-order valence-electron chi connectivity index (χ1n) is 2.81. The van der Waals surface area contributed by atoms with Crippen LogP contribution in [0.5, 0.6) is 0 Å². The second kappa shape index (κ2) is 3.92. The molecule has 0 aliphatic rings. The van der Waals surface area contributed by atoms with Crippen molar-refractivity contribution in [3.05, 3.63) is 0 Å². The Morgan fingerprint density at radius 3 is 1.88 bits per heavy atom. The lowest BCUT2D eigenvalue weighted by Crippen LogP contribution is -2.31. The van der Waals surface area contributed by atoms with Crippen molar-refractivity contribution in [3.63, 3.8) is 0 Å². The topological polar surface area (TPSA) is 6.48 Å². The summed E-state index contributed by atoms with van der Waals surface area (Å²) in [5, 5.41) is 0. The molecule has 47 valence electrons. The minimum atomic E-state index is 0.997. The number of rotatable bonds is 3. The summed E-state index contributed by atoms with van der Waals surface area (Å²) in [6.07, 6.45) is 0. The molecule has 0 fully saturated rings. The van der Waals surface area contributed by atoms with Gasteiger partial charge in [-0.1, -0.05) is 6.82 Å². The predicted octanol–water partition coefficient (Wildman–Crippen LogP) is 0.105. The summed E-state index contributed by atoms with van der Waals surface area (Å²) in [7, 11) is 8.22. The van der Waals surface area contributed by atoms with Crippen LogP contribution in [0.25, 0.3) is 0 Å². The van der Waals surface area contributed by atoms with Crippen molar-refractivity contribution in [2.24, 2.45) is 0 Å². The molecular weight excluding hydrogens is 98.9 g/mol.